The van der Waals surface area contributed by atoms with Gasteiger partial charge in [-0.3, -0.25) is 0 Å². The standard InChI is InChI=1S/C8H7N3S/c1-6-4-10-8(12-6)7-2-3-9-5-11-7/h2-5H,1H3. The highest BCUT2D eigenvalue weighted by atomic mass is 32.1. The van der Waals surface area contributed by atoms with Crippen molar-refractivity contribution < 1.29 is 0 Å². The van der Waals surface area contributed by atoms with E-state index in [1.165, 1.54) is 11.2 Å². The van der Waals surface area contributed by atoms with Gasteiger partial charge < -0.3 is 0 Å². The second-order valence-corrected chi connectivity index (χ2v) is 3.61. The molecule has 2 aromatic heterocycles. The highest BCUT2D eigenvalue weighted by Crippen LogP contribution is 2.21. The van der Waals surface area contributed by atoms with E-state index in [4.69, 9.17) is 0 Å². The van der Waals surface area contributed by atoms with Crippen LogP contribution >= 0.6 is 11.3 Å². The van der Waals surface area contributed by atoms with Gasteiger partial charge in [-0.1, -0.05) is 0 Å². The predicted molar refractivity (Wildman–Crippen MR) is 47.9 cm³/mol. The molecule has 0 unspecified atom stereocenters. The van der Waals surface area contributed by atoms with Crippen molar-refractivity contribution in [1.29, 1.82) is 0 Å². The number of nitrogens with zero attached hydrogens (tertiary/aromatic N) is 3. The Morgan fingerprint density at radius 3 is 2.83 bits per heavy atom. The van der Waals surface area contributed by atoms with Crippen LogP contribution in [0.4, 0.5) is 0 Å². The molecule has 0 aliphatic carbocycles. The molecule has 0 radical (unpaired) electrons. The molecule has 0 N–H and O–H groups in total. The molecule has 0 saturated carbocycles. The van der Waals surface area contributed by atoms with Crippen molar-refractivity contribution in [3.05, 3.63) is 29.7 Å². The molecule has 0 aliphatic heterocycles. The van der Waals surface area contributed by atoms with E-state index in [0.29, 0.717) is 0 Å². The van der Waals surface area contributed by atoms with Crippen molar-refractivity contribution in [1.82, 2.24) is 15.0 Å². The fraction of sp³-hybridized carbons (Fsp3) is 0.125. The van der Waals surface area contributed by atoms with E-state index in [1.54, 1.807) is 17.5 Å². The second-order valence-electron chi connectivity index (χ2n) is 2.37. The highest BCUT2D eigenvalue weighted by molar-refractivity contribution is 7.14. The summed E-state index contributed by atoms with van der Waals surface area (Å²) in [7, 11) is 0. The van der Waals surface area contributed by atoms with Gasteiger partial charge in [0.2, 0.25) is 0 Å². The van der Waals surface area contributed by atoms with Crippen molar-refractivity contribution in [3.8, 4) is 10.7 Å². The minimum Gasteiger partial charge on any atom is -0.245 e. The van der Waals surface area contributed by atoms with E-state index in [2.05, 4.69) is 15.0 Å². The molecule has 3 nitrogen and oxygen atoms in total. The van der Waals surface area contributed by atoms with Gasteiger partial charge in [0, 0.05) is 17.3 Å². The molecule has 2 aromatic rings. The minimum atomic E-state index is 0.892. The summed E-state index contributed by atoms with van der Waals surface area (Å²) in [6, 6.07) is 1.86. The van der Waals surface area contributed by atoms with Crippen LogP contribution in [0, 0.1) is 6.92 Å². The lowest BCUT2D eigenvalue weighted by atomic mass is 10.4. The van der Waals surface area contributed by atoms with Crippen LogP contribution in [0.3, 0.4) is 0 Å². The first-order valence-corrected chi connectivity index (χ1v) is 4.37. The average Bonchev–Trinajstić information content (AvgIpc) is 2.54. The number of aryl methyl sites for hydroxylation is 1. The Morgan fingerprint density at radius 1 is 1.33 bits per heavy atom. The average molecular weight is 177 g/mol. The van der Waals surface area contributed by atoms with E-state index in [1.807, 2.05) is 19.2 Å². The Balaban J connectivity index is 2.45. The van der Waals surface area contributed by atoms with Gasteiger partial charge in [0.1, 0.15) is 17.0 Å². The zero-order valence-corrected chi connectivity index (χ0v) is 7.38. The second kappa shape index (κ2) is 2.98. The third-order valence-electron chi connectivity index (χ3n) is 1.42. The van der Waals surface area contributed by atoms with Gasteiger partial charge in [-0.25, -0.2) is 15.0 Å². The molecule has 0 aromatic carbocycles. The molecule has 60 valence electrons. The van der Waals surface area contributed by atoms with Gasteiger partial charge in [-0.05, 0) is 13.0 Å². The van der Waals surface area contributed by atoms with Crippen LogP contribution in [-0.2, 0) is 0 Å². The molecule has 0 amide bonds. The van der Waals surface area contributed by atoms with E-state index in [0.717, 1.165) is 10.7 Å². The Bertz CT molecular complexity index is 369. The zero-order chi connectivity index (χ0) is 8.39. The lowest BCUT2D eigenvalue weighted by Crippen LogP contribution is -1.81. The summed E-state index contributed by atoms with van der Waals surface area (Å²) in [5.41, 5.74) is 0.892. The maximum absolute atomic E-state index is 4.21. The number of hydrogen-bond donors (Lipinski definition) is 0. The van der Waals surface area contributed by atoms with Gasteiger partial charge in [0.15, 0.2) is 0 Å². The van der Waals surface area contributed by atoms with Crippen molar-refractivity contribution in [2.24, 2.45) is 0 Å². The fourth-order valence-corrected chi connectivity index (χ4v) is 1.63. The Labute approximate surface area is 74.2 Å². The molecule has 0 bridgehead atoms. The quantitative estimate of drug-likeness (QED) is 0.667. The molecular weight excluding hydrogens is 170 g/mol. The van der Waals surface area contributed by atoms with Crippen LogP contribution in [0.5, 0.6) is 0 Å². The van der Waals surface area contributed by atoms with Gasteiger partial charge in [0.05, 0.1) is 0 Å². The first-order chi connectivity index (χ1) is 5.86. The third-order valence-corrected chi connectivity index (χ3v) is 2.36. The maximum atomic E-state index is 4.21. The van der Waals surface area contributed by atoms with Crippen LogP contribution in [0.25, 0.3) is 10.7 Å². The Morgan fingerprint density at radius 2 is 2.25 bits per heavy atom. The van der Waals surface area contributed by atoms with Gasteiger partial charge in [-0.2, -0.15) is 0 Å². The molecular formula is C8H7N3S. The van der Waals surface area contributed by atoms with Crippen LogP contribution < -0.4 is 0 Å². The lowest BCUT2D eigenvalue weighted by molar-refractivity contribution is 1.16. The van der Waals surface area contributed by atoms with E-state index >= 15 is 0 Å². The third kappa shape index (κ3) is 1.33. The maximum Gasteiger partial charge on any atom is 0.142 e. The SMILES string of the molecule is Cc1cnc(-c2ccncn2)s1. The number of hydrogen-bond acceptors (Lipinski definition) is 4. The van der Waals surface area contributed by atoms with E-state index in [9.17, 15) is 0 Å². The molecule has 0 fully saturated rings. The summed E-state index contributed by atoms with van der Waals surface area (Å²) in [5, 5.41) is 0.954. The van der Waals surface area contributed by atoms with E-state index in [-0.39, 0.29) is 0 Å². The fourth-order valence-electron chi connectivity index (χ4n) is 0.890. The Hall–Kier alpha value is -1.29. The molecule has 4 heteroatoms. The minimum absolute atomic E-state index is 0.892. The molecule has 12 heavy (non-hydrogen) atoms. The van der Waals surface area contributed by atoms with Crippen LogP contribution in [0.2, 0.25) is 0 Å². The zero-order valence-electron chi connectivity index (χ0n) is 6.56. The first-order valence-electron chi connectivity index (χ1n) is 3.55. The van der Waals surface area contributed by atoms with Crippen molar-refractivity contribution >= 4 is 11.3 Å². The van der Waals surface area contributed by atoms with Crippen molar-refractivity contribution in [2.75, 3.05) is 0 Å². The summed E-state index contributed by atoms with van der Waals surface area (Å²) < 4.78 is 0. The number of thiazole rings is 1. The smallest absolute Gasteiger partial charge is 0.142 e. The molecule has 0 spiro atoms. The largest absolute Gasteiger partial charge is 0.245 e. The molecule has 2 rings (SSSR count). The monoisotopic (exact) mass is 177 g/mol. The number of rotatable bonds is 1. The lowest BCUT2D eigenvalue weighted by Gasteiger charge is -1.90. The molecule has 0 aliphatic rings. The molecule has 0 saturated heterocycles. The van der Waals surface area contributed by atoms with Crippen LogP contribution in [0.15, 0.2) is 24.8 Å². The number of aromatic nitrogens is 3. The highest BCUT2D eigenvalue weighted by Gasteiger charge is 2.01. The summed E-state index contributed by atoms with van der Waals surface area (Å²) in [6.07, 6.45) is 5.10. The Kier molecular flexibility index (Phi) is 1.83. The molecule has 2 heterocycles. The van der Waals surface area contributed by atoms with Gasteiger partial charge in [-0.15, -0.1) is 11.3 Å². The van der Waals surface area contributed by atoms with E-state index < -0.39 is 0 Å². The van der Waals surface area contributed by atoms with Crippen LogP contribution in [0.1, 0.15) is 4.88 Å². The molecule has 0 atom stereocenters. The van der Waals surface area contributed by atoms with Crippen molar-refractivity contribution in [2.45, 2.75) is 6.92 Å². The van der Waals surface area contributed by atoms with Gasteiger partial charge in [0.25, 0.3) is 0 Å². The summed E-state index contributed by atoms with van der Waals surface area (Å²) in [6.45, 7) is 2.03. The van der Waals surface area contributed by atoms with Crippen LogP contribution in [-0.4, -0.2) is 15.0 Å². The topological polar surface area (TPSA) is 38.7 Å². The summed E-state index contributed by atoms with van der Waals surface area (Å²) in [5.74, 6) is 0. The summed E-state index contributed by atoms with van der Waals surface area (Å²) >= 11 is 1.64. The first kappa shape index (κ1) is 7.36. The van der Waals surface area contributed by atoms with Gasteiger partial charge >= 0.3 is 0 Å². The normalized spacial score (nSPS) is 10.1. The van der Waals surface area contributed by atoms with Crippen molar-refractivity contribution in [3.63, 3.8) is 0 Å². The summed E-state index contributed by atoms with van der Waals surface area (Å²) in [4.78, 5) is 13.4. The predicted octanol–water partition coefficient (Wildman–Crippen LogP) is 1.91.